The molecule has 0 saturated carbocycles. The Kier molecular flexibility index (Phi) is 3.16. The first-order valence-electron chi connectivity index (χ1n) is 5.12. The lowest BCUT2D eigenvalue weighted by Gasteiger charge is -2.11. The normalized spacial score (nSPS) is 10.2. The van der Waals surface area contributed by atoms with Crippen molar-refractivity contribution in [3.63, 3.8) is 0 Å². The summed E-state index contributed by atoms with van der Waals surface area (Å²) < 4.78 is 5.35. The number of rotatable bonds is 2. The third-order valence-corrected chi connectivity index (χ3v) is 2.83. The molecule has 0 saturated heterocycles. The van der Waals surface area contributed by atoms with Gasteiger partial charge < -0.3 is 4.74 Å². The molecule has 2 aromatic rings. The van der Waals surface area contributed by atoms with Crippen molar-refractivity contribution in [1.82, 2.24) is 0 Å². The lowest BCUT2D eigenvalue weighted by Crippen LogP contribution is -1.89. The minimum atomic E-state index is 0.721. The van der Waals surface area contributed by atoms with Gasteiger partial charge in [0.2, 0.25) is 0 Å². The van der Waals surface area contributed by atoms with Crippen molar-refractivity contribution in [1.29, 1.82) is 0 Å². The third-order valence-electron chi connectivity index (χ3n) is 2.60. The Morgan fingerprint density at radius 1 is 1.00 bits per heavy atom. The van der Waals surface area contributed by atoms with Gasteiger partial charge in [-0.05, 0) is 36.2 Å². The molecular formula is C14H13ClO. The van der Waals surface area contributed by atoms with E-state index in [1.54, 1.807) is 7.11 Å². The maximum Gasteiger partial charge on any atom is 0.126 e. The van der Waals surface area contributed by atoms with Crippen LogP contribution in [0.4, 0.5) is 0 Å². The smallest absolute Gasteiger partial charge is 0.126 e. The predicted octanol–water partition coefficient (Wildman–Crippen LogP) is 4.32. The summed E-state index contributed by atoms with van der Waals surface area (Å²) in [5, 5.41) is 0.721. The molecule has 0 atom stereocenters. The van der Waals surface area contributed by atoms with Crippen LogP contribution in [0.2, 0.25) is 5.02 Å². The average Bonchev–Trinajstić information content (AvgIpc) is 2.29. The quantitative estimate of drug-likeness (QED) is 0.749. The molecule has 0 N–H and O–H groups in total. The Balaban J connectivity index is 2.63. The standard InChI is InChI=1S/C14H13ClO/c1-10-5-3-4-6-12(10)13-9-11(15)7-8-14(13)16-2/h3-9H,1-2H3. The van der Waals surface area contributed by atoms with Gasteiger partial charge in [0.1, 0.15) is 5.75 Å². The van der Waals surface area contributed by atoms with E-state index in [0.717, 1.165) is 21.9 Å². The fourth-order valence-corrected chi connectivity index (χ4v) is 1.94. The first-order chi connectivity index (χ1) is 7.72. The summed E-state index contributed by atoms with van der Waals surface area (Å²) in [5.74, 6) is 0.846. The van der Waals surface area contributed by atoms with Crippen molar-refractivity contribution in [2.45, 2.75) is 6.92 Å². The summed E-state index contributed by atoms with van der Waals surface area (Å²) in [6.45, 7) is 2.08. The molecule has 0 spiro atoms. The minimum absolute atomic E-state index is 0.721. The predicted molar refractivity (Wildman–Crippen MR) is 68.2 cm³/mol. The average molecular weight is 233 g/mol. The van der Waals surface area contributed by atoms with E-state index in [0.29, 0.717) is 0 Å². The summed E-state index contributed by atoms with van der Waals surface area (Å²) in [6, 6.07) is 13.9. The molecule has 0 aliphatic carbocycles. The fourth-order valence-electron chi connectivity index (χ4n) is 1.77. The highest BCUT2D eigenvalue weighted by molar-refractivity contribution is 6.31. The van der Waals surface area contributed by atoms with Crippen LogP contribution in [0.3, 0.4) is 0 Å². The summed E-state index contributed by atoms with van der Waals surface area (Å²) in [4.78, 5) is 0. The van der Waals surface area contributed by atoms with Crippen LogP contribution in [-0.2, 0) is 0 Å². The first-order valence-corrected chi connectivity index (χ1v) is 5.49. The number of benzene rings is 2. The second kappa shape index (κ2) is 4.58. The number of hydrogen-bond donors (Lipinski definition) is 0. The van der Waals surface area contributed by atoms with Gasteiger partial charge in [-0.15, -0.1) is 0 Å². The Labute approximate surface area is 101 Å². The molecule has 0 bridgehead atoms. The number of ether oxygens (including phenoxy) is 1. The van der Waals surface area contributed by atoms with Crippen molar-refractivity contribution >= 4 is 11.6 Å². The van der Waals surface area contributed by atoms with Crippen LogP contribution in [0.15, 0.2) is 42.5 Å². The van der Waals surface area contributed by atoms with Crippen LogP contribution in [0.1, 0.15) is 5.56 Å². The van der Waals surface area contributed by atoms with Gasteiger partial charge in [-0.25, -0.2) is 0 Å². The van der Waals surface area contributed by atoms with Gasteiger partial charge in [-0.1, -0.05) is 35.9 Å². The number of halogens is 1. The molecule has 0 amide bonds. The Hall–Kier alpha value is -1.47. The molecule has 1 nitrogen and oxygen atoms in total. The summed E-state index contributed by atoms with van der Waals surface area (Å²) in [6.07, 6.45) is 0. The van der Waals surface area contributed by atoms with E-state index in [4.69, 9.17) is 16.3 Å². The van der Waals surface area contributed by atoms with Gasteiger partial charge in [0.25, 0.3) is 0 Å². The molecule has 2 aromatic carbocycles. The topological polar surface area (TPSA) is 9.23 Å². The van der Waals surface area contributed by atoms with E-state index in [1.807, 2.05) is 30.3 Å². The summed E-state index contributed by atoms with van der Waals surface area (Å²) in [7, 11) is 1.67. The maximum absolute atomic E-state index is 6.02. The Morgan fingerprint density at radius 2 is 1.75 bits per heavy atom. The number of hydrogen-bond acceptors (Lipinski definition) is 1. The van der Waals surface area contributed by atoms with E-state index in [9.17, 15) is 0 Å². The Morgan fingerprint density at radius 3 is 2.44 bits per heavy atom. The van der Waals surface area contributed by atoms with E-state index in [1.165, 1.54) is 5.56 Å². The zero-order chi connectivity index (χ0) is 11.5. The van der Waals surface area contributed by atoms with E-state index in [2.05, 4.69) is 19.1 Å². The minimum Gasteiger partial charge on any atom is -0.496 e. The molecule has 16 heavy (non-hydrogen) atoms. The molecule has 0 fully saturated rings. The summed E-state index contributed by atoms with van der Waals surface area (Å²) in [5.41, 5.74) is 3.40. The third kappa shape index (κ3) is 2.05. The van der Waals surface area contributed by atoms with Crippen LogP contribution in [0.5, 0.6) is 5.75 Å². The van der Waals surface area contributed by atoms with Gasteiger partial charge in [-0.2, -0.15) is 0 Å². The van der Waals surface area contributed by atoms with Gasteiger partial charge in [0.15, 0.2) is 0 Å². The molecule has 0 radical (unpaired) electrons. The molecule has 0 aliphatic rings. The van der Waals surface area contributed by atoms with Crippen molar-refractivity contribution in [2.24, 2.45) is 0 Å². The van der Waals surface area contributed by atoms with Crippen molar-refractivity contribution in [3.8, 4) is 16.9 Å². The van der Waals surface area contributed by atoms with Gasteiger partial charge in [-0.3, -0.25) is 0 Å². The zero-order valence-corrected chi connectivity index (χ0v) is 10.1. The molecule has 2 heteroatoms. The molecule has 0 aromatic heterocycles. The van der Waals surface area contributed by atoms with Gasteiger partial charge in [0.05, 0.1) is 7.11 Å². The van der Waals surface area contributed by atoms with Gasteiger partial charge >= 0.3 is 0 Å². The van der Waals surface area contributed by atoms with Crippen LogP contribution < -0.4 is 4.74 Å². The zero-order valence-electron chi connectivity index (χ0n) is 9.33. The second-order valence-electron chi connectivity index (χ2n) is 3.66. The largest absolute Gasteiger partial charge is 0.496 e. The molecule has 82 valence electrons. The highest BCUT2D eigenvalue weighted by Crippen LogP contribution is 2.34. The van der Waals surface area contributed by atoms with Crippen LogP contribution in [-0.4, -0.2) is 7.11 Å². The lowest BCUT2D eigenvalue weighted by molar-refractivity contribution is 0.416. The van der Waals surface area contributed by atoms with Crippen molar-refractivity contribution in [3.05, 3.63) is 53.1 Å². The molecule has 0 heterocycles. The highest BCUT2D eigenvalue weighted by atomic mass is 35.5. The monoisotopic (exact) mass is 232 g/mol. The molecule has 0 unspecified atom stereocenters. The van der Waals surface area contributed by atoms with E-state index in [-0.39, 0.29) is 0 Å². The molecule has 2 rings (SSSR count). The highest BCUT2D eigenvalue weighted by Gasteiger charge is 2.08. The number of methoxy groups -OCH3 is 1. The van der Waals surface area contributed by atoms with Crippen LogP contribution in [0, 0.1) is 6.92 Å². The second-order valence-corrected chi connectivity index (χ2v) is 4.10. The van der Waals surface area contributed by atoms with Crippen LogP contribution >= 0.6 is 11.6 Å². The first kappa shape index (κ1) is 11.0. The van der Waals surface area contributed by atoms with Gasteiger partial charge in [0, 0.05) is 10.6 Å². The summed E-state index contributed by atoms with van der Waals surface area (Å²) >= 11 is 6.02. The van der Waals surface area contributed by atoms with Crippen molar-refractivity contribution in [2.75, 3.05) is 7.11 Å². The van der Waals surface area contributed by atoms with E-state index >= 15 is 0 Å². The SMILES string of the molecule is COc1ccc(Cl)cc1-c1ccccc1C. The molecule has 0 aliphatic heterocycles. The number of aryl methyl sites for hydroxylation is 1. The fraction of sp³-hybridized carbons (Fsp3) is 0.143. The van der Waals surface area contributed by atoms with Crippen LogP contribution in [0.25, 0.3) is 11.1 Å². The molecular weight excluding hydrogens is 220 g/mol. The Bertz CT molecular complexity index is 506. The lowest BCUT2D eigenvalue weighted by atomic mass is 10.00. The van der Waals surface area contributed by atoms with Crippen molar-refractivity contribution < 1.29 is 4.74 Å². The maximum atomic E-state index is 6.02. The van der Waals surface area contributed by atoms with E-state index < -0.39 is 0 Å².